The Balaban J connectivity index is 1.18. The summed E-state index contributed by atoms with van der Waals surface area (Å²) in [6.45, 7) is 18.0. The van der Waals surface area contributed by atoms with E-state index in [1.54, 1.807) is 0 Å². The summed E-state index contributed by atoms with van der Waals surface area (Å²) in [5, 5.41) is 1.28. The molecule has 6 aromatic carbocycles. The Bertz CT molecular complexity index is 3130. The standard InChI is InChI=1S/C59H51N3/c1-7-42-32-43-21-11-13-23-47(43)51(42)31-38(3)46-34-49(45-28-29-55(39(4)30-45)62(36-41-19-9-8-10-20-41)56-27-16-15-25-53(56)60-6)40(5)50(35-46)59-58-48-24-14-12-22-44(48)33-52(58)57-37(2)18-17-26-54(57)61-59/h7-9,11-19,21-31,34-35H,1,6,10,20,32-33,36H2,2-5H3/b38-31+. The van der Waals surface area contributed by atoms with Crippen molar-refractivity contribution in [2.45, 2.75) is 53.4 Å². The van der Waals surface area contributed by atoms with E-state index < -0.39 is 0 Å². The van der Waals surface area contributed by atoms with E-state index in [1.807, 2.05) is 12.1 Å². The van der Waals surface area contributed by atoms with Crippen LogP contribution in [0.2, 0.25) is 0 Å². The molecule has 0 aliphatic heterocycles. The van der Waals surface area contributed by atoms with Crippen molar-refractivity contribution in [1.29, 1.82) is 0 Å². The number of benzene rings is 6. The van der Waals surface area contributed by atoms with Gasteiger partial charge in [-0.05, 0) is 180 Å². The summed E-state index contributed by atoms with van der Waals surface area (Å²) in [4.78, 5) is 12.5. The van der Waals surface area contributed by atoms with Crippen molar-refractivity contribution in [1.82, 2.24) is 4.98 Å². The molecule has 0 fully saturated rings. The van der Waals surface area contributed by atoms with Gasteiger partial charge in [0.1, 0.15) is 0 Å². The summed E-state index contributed by atoms with van der Waals surface area (Å²) in [6, 6.07) is 44.4. The Morgan fingerprint density at radius 3 is 2.29 bits per heavy atom. The highest BCUT2D eigenvalue weighted by Gasteiger charge is 2.28. The van der Waals surface area contributed by atoms with Crippen LogP contribution in [0, 0.1) is 20.8 Å². The molecular formula is C59H51N3. The smallest absolute Gasteiger partial charge is 0.0859 e. The van der Waals surface area contributed by atoms with Gasteiger partial charge in [0, 0.05) is 28.7 Å². The van der Waals surface area contributed by atoms with Crippen LogP contribution in [0.1, 0.15) is 64.3 Å². The number of hydrogen-bond donors (Lipinski definition) is 0. The number of pyridine rings is 1. The van der Waals surface area contributed by atoms with Crippen molar-refractivity contribution >= 4 is 45.8 Å². The molecule has 3 aliphatic carbocycles. The Labute approximate surface area is 366 Å². The van der Waals surface area contributed by atoms with Gasteiger partial charge in [-0.15, -0.1) is 0 Å². The molecule has 0 bridgehead atoms. The fourth-order valence-corrected chi connectivity index (χ4v) is 10.1. The van der Waals surface area contributed by atoms with Crippen molar-refractivity contribution in [3.8, 4) is 33.5 Å². The number of nitrogens with zero attached hydrogens (tertiary/aromatic N) is 3. The summed E-state index contributed by atoms with van der Waals surface area (Å²) in [5.74, 6) is 0. The molecule has 302 valence electrons. The first-order valence-corrected chi connectivity index (χ1v) is 21.9. The minimum atomic E-state index is 0.783. The second-order valence-electron chi connectivity index (χ2n) is 17.1. The summed E-state index contributed by atoms with van der Waals surface area (Å²) >= 11 is 0. The molecule has 0 unspecified atom stereocenters. The van der Waals surface area contributed by atoms with Gasteiger partial charge in [0.25, 0.3) is 0 Å². The van der Waals surface area contributed by atoms with Crippen LogP contribution < -0.4 is 4.90 Å². The SMILES string of the molecule is C=CC1=C(/C=C(\C)c2cc(-c3ccc(N(CC4=CC=CCC4)c4ccccc4N=C)c(C)c3)c(C)c(-c3nc4cccc(C)c4c4c3-c3ccccc3C4)c2)c2ccccc2C1. The minimum Gasteiger partial charge on any atom is -0.335 e. The molecule has 0 spiro atoms. The van der Waals surface area contributed by atoms with E-state index in [9.17, 15) is 0 Å². The van der Waals surface area contributed by atoms with E-state index in [-0.39, 0.29) is 0 Å². The van der Waals surface area contributed by atoms with Crippen LogP contribution in [0.15, 0.2) is 174 Å². The molecule has 3 nitrogen and oxygen atoms in total. The lowest BCUT2D eigenvalue weighted by Crippen LogP contribution is -2.21. The van der Waals surface area contributed by atoms with Gasteiger partial charge in [0.2, 0.25) is 0 Å². The Morgan fingerprint density at radius 2 is 1.52 bits per heavy atom. The quantitative estimate of drug-likeness (QED) is 0.129. The zero-order chi connectivity index (χ0) is 42.5. The van der Waals surface area contributed by atoms with E-state index in [0.717, 1.165) is 66.1 Å². The van der Waals surface area contributed by atoms with Gasteiger partial charge in [-0.2, -0.15) is 0 Å². The third-order valence-electron chi connectivity index (χ3n) is 13.3. The van der Waals surface area contributed by atoms with Gasteiger partial charge < -0.3 is 4.90 Å². The first-order valence-electron chi connectivity index (χ1n) is 21.9. The van der Waals surface area contributed by atoms with Crippen LogP contribution in [0.3, 0.4) is 0 Å². The molecule has 0 saturated carbocycles. The molecule has 0 N–H and O–H groups in total. The molecule has 0 radical (unpaired) electrons. The summed E-state index contributed by atoms with van der Waals surface area (Å²) < 4.78 is 0. The summed E-state index contributed by atoms with van der Waals surface area (Å²) in [6.07, 6.45) is 15.0. The molecule has 10 rings (SSSR count). The molecular weight excluding hydrogens is 751 g/mol. The number of allylic oxidation sites excluding steroid dienone is 8. The topological polar surface area (TPSA) is 28.5 Å². The Kier molecular flexibility index (Phi) is 10.1. The van der Waals surface area contributed by atoms with Gasteiger partial charge in [-0.3, -0.25) is 4.99 Å². The van der Waals surface area contributed by atoms with Gasteiger partial charge in [0.15, 0.2) is 0 Å². The van der Waals surface area contributed by atoms with Crippen LogP contribution in [0.5, 0.6) is 0 Å². The lowest BCUT2D eigenvalue weighted by Gasteiger charge is -2.30. The fraction of sp³-hybridized carbons (Fsp3) is 0.153. The molecule has 62 heavy (non-hydrogen) atoms. The molecule has 1 heterocycles. The predicted octanol–water partition coefficient (Wildman–Crippen LogP) is 15.4. The third-order valence-corrected chi connectivity index (χ3v) is 13.3. The molecule has 0 amide bonds. The van der Waals surface area contributed by atoms with Crippen molar-refractivity contribution in [3.05, 3.63) is 214 Å². The normalized spacial score (nSPS) is 14.1. The van der Waals surface area contributed by atoms with Gasteiger partial charge in [0.05, 0.1) is 22.6 Å². The van der Waals surface area contributed by atoms with Crippen LogP contribution in [-0.4, -0.2) is 18.2 Å². The van der Waals surface area contributed by atoms with Crippen molar-refractivity contribution in [3.63, 3.8) is 0 Å². The first-order chi connectivity index (χ1) is 30.3. The van der Waals surface area contributed by atoms with Gasteiger partial charge in [-0.1, -0.05) is 121 Å². The van der Waals surface area contributed by atoms with E-state index in [4.69, 9.17) is 4.98 Å². The van der Waals surface area contributed by atoms with E-state index in [1.165, 1.54) is 94.4 Å². The van der Waals surface area contributed by atoms with Gasteiger partial charge >= 0.3 is 0 Å². The van der Waals surface area contributed by atoms with E-state index in [0.29, 0.717) is 0 Å². The van der Waals surface area contributed by atoms with Gasteiger partial charge in [-0.25, -0.2) is 4.98 Å². The van der Waals surface area contributed by atoms with E-state index in [2.05, 4.69) is 190 Å². The monoisotopic (exact) mass is 801 g/mol. The second-order valence-corrected chi connectivity index (χ2v) is 17.1. The maximum absolute atomic E-state index is 5.62. The number of anilines is 2. The molecule has 3 heteroatoms. The number of aryl methyl sites for hydroxylation is 2. The summed E-state index contributed by atoms with van der Waals surface area (Å²) in [7, 11) is 0. The van der Waals surface area contributed by atoms with Crippen molar-refractivity contribution < 1.29 is 0 Å². The van der Waals surface area contributed by atoms with Crippen molar-refractivity contribution in [2.24, 2.45) is 4.99 Å². The molecule has 0 saturated heterocycles. The van der Waals surface area contributed by atoms with Crippen LogP contribution in [0.4, 0.5) is 17.1 Å². The number of fused-ring (bicyclic) bond motifs is 6. The predicted molar refractivity (Wildman–Crippen MR) is 265 cm³/mol. The lowest BCUT2D eigenvalue weighted by molar-refractivity contribution is 0.892. The van der Waals surface area contributed by atoms with Crippen LogP contribution >= 0.6 is 0 Å². The largest absolute Gasteiger partial charge is 0.335 e. The maximum atomic E-state index is 5.62. The molecule has 3 aliphatic rings. The van der Waals surface area contributed by atoms with Crippen molar-refractivity contribution in [2.75, 3.05) is 11.4 Å². The number of rotatable bonds is 10. The Hall–Kier alpha value is -7.10. The number of hydrogen-bond acceptors (Lipinski definition) is 3. The highest BCUT2D eigenvalue weighted by molar-refractivity contribution is 6.02. The molecule has 7 aromatic rings. The molecule has 0 atom stereocenters. The van der Waals surface area contributed by atoms with E-state index >= 15 is 0 Å². The minimum absolute atomic E-state index is 0.783. The highest BCUT2D eigenvalue weighted by Crippen LogP contribution is 2.48. The number of aliphatic imine (C=N–C) groups is 1. The highest BCUT2D eigenvalue weighted by atomic mass is 15.1. The third kappa shape index (κ3) is 6.79. The zero-order valence-corrected chi connectivity index (χ0v) is 36.2. The Morgan fingerprint density at radius 1 is 0.758 bits per heavy atom. The fourth-order valence-electron chi connectivity index (χ4n) is 10.1. The zero-order valence-electron chi connectivity index (χ0n) is 36.2. The number of para-hydroxylation sites is 2. The van der Waals surface area contributed by atoms with Crippen LogP contribution in [-0.2, 0) is 12.8 Å². The lowest BCUT2D eigenvalue weighted by atomic mass is 9.86. The maximum Gasteiger partial charge on any atom is 0.0859 e. The average molecular weight is 802 g/mol. The summed E-state index contributed by atoms with van der Waals surface area (Å²) in [5.41, 5.74) is 26.7. The first kappa shape index (κ1) is 39.1. The number of aromatic nitrogens is 1. The van der Waals surface area contributed by atoms with Crippen LogP contribution in [0.25, 0.3) is 55.6 Å². The average Bonchev–Trinajstić information content (AvgIpc) is 3.87. The second kappa shape index (κ2) is 16.1. The molecule has 1 aromatic heterocycles.